The molecule has 0 saturated heterocycles. The van der Waals surface area contributed by atoms with Gasteiger partial charge in [-0.05, 0) is 23.8 Å². The first-order chi connectivity index (χ1) is 8.88. The van der Waals surface area contributed by atoms with E-state index < -0.39 is 22.0 Å². The van der Waals surface area contributed by atoms with Crippen molar-refractivity contribution in [3.8, 4) is 0 Å². The molecular weight excluding hydrogens is 279 g/mol. The minimum absolute atomic E-state index is 0.0522. The van der Waals surface area contributed by atoms with E-state index in [4.69, 9.17) is 0 Å². The first-order valence-corrected chi connectivity index (χ1v) is 6.54. The monoisotopic (exact) mass is 292 g/mol. The zero-order chi connectivity index (χ0) is 14.5. The number of esters is 1. The van der Waals surface area contributed by atoms with E-state index >= 15 is 0 Å². The minimum atomic E-state index is -3.96. The summed E-state index contributed by atoms with van der Waals surface area (Å²) in [7, 11) is -1.66. The summed E-state index contributed by atoms with van der Waals surface area (Å²) < 4.78 is 42.5. The fourth-order valence-corrected chi connectivity index (χ4v) is 2.06. The molecule has 2 N–H and O–H groups in total. The molecule has 1 aromatic rings. The molecular formula is C10H13FN2O5S. The standard InChI is InChI=1S/C10H13FN2O5S/c1-17-10(14)6-7-5-8(11)3-4-9(7)12-19(15,16)13-18-2/h3-5,12-13H,6H2,1-2H3. The number of anilines is 1. The zero-order valence-electron chi connectivity index (χ0n) is 10.3. The second-order valence-electron chi connectivity index (χ2n) is 3.45. The molecule has 0 aromatic heterocycles. The molecule has 0 saturated carbocycles. The molecule has 0 amide bonds. The van der Waals surface area contributed by atoms with Gasteiger partial charge in [0, 0.05) is 0 Å². The number of rotatable bonds is 6. The van der Waals surface area contributed by atoms with E-state index in [1.165, 1.54) is 13.2 Å². The molecule has 1 rings (SSSR count). The van der Waals surface area contributed by atoms with E-state index in [1.54, 1.807) is 4.89 Å². The van der Waals surface area contributed by atoms with Crippen molar-refractivity contribution in [1.82, 2.24) is 4.89 Å². The van der Waals surface area contributed by atoms with Crippen LogP contribution in [-0.2, 0) is 31.0 Å². The van der Waals surface area contributed by atoms with Gasteiger partial charge in [0.1, 0.15) is 5.82 Å². The van der Waals surface area contributed by atoms with Crippen molar-refractivity contribution in [2.24, 2.45) is 0 Å². The molecule has 19 heavy (non-hydrogen) atoms. The molecule has 0 aliphatic carbocycles. The van der Waals surface area contributed by atoms with Crippen LogP contribution in [0.25, 0.3) is 0 Å². The zero-order valence-corrected chi connectivity index (χ0v) is 11.1. The van der Waals surface area contributed by atoms with Crippen molar-refractivity contribution in [1.29, 1.82) is 0 Å². The molecule has 0 atom stereocenters. The molecule has 0 heterocycles. The second-order valence-corrected chi connectivity index (χ2v) is 4.82. The van der Waals surface area contributed by atoms with Crippen molar-refractivity contribution in [2.75, 3.05) is 18.9 Å². The number of benzene rings is 1. The predicted molar refractivity (Wildman–Crippen MR) is 64.8 cm³/mol. The summed E-state index contributed by atoms with van der Waals surface area (Å²) in [6, 6.07) is 3.30. The van der Waals surface area contributed by atoms with Crippen LogP contribution in [0, 0.1) is 5.82 Å². The number of nitrogens with one attached hydrogen (secondary N) is 2. The average Bonchev–Trinajstić information content (AvgIpc) is 2.32. The largest absolute Gasteiger partial charge is 0.469 e. The van der Waals surface area contributed by atoms with Crippen LogP contribution in [0.15, 0.2) is 18.2 Å². The van der Waals surface area contributed by atoms with E-state index in [1.807, 2.05) is 0 Å². The Morgan fingerprint density at radius 3 is 2.63 bits per heavy atom. The van der Waals surface area contributed by atoms with Gasteiger partial charge in [-0.25, -0.2) is 4.39 Å². The number of carbonyl (C=O) groups is 1. The van der Waals surface area contributed by atoms with Gasteiger partial charge in [-0.2, -0.15) is 8.42 Å². The van der Waals surface area contributed by atoms with E-state index in [2.05, 4.69) is 14.3 Å². The Hall–Kier alpha value is -1.71. The Morgan fingerprint density at radius 2 is 2.05 bits per heavy atom. The predicted octanol–water partition coefficient (Wildman–Crippen LogP) is 0.349. The average molecular weight is 292 g/mol. The van der Waals surface area contributed by atoms with Gasteiger partial charge in [-0.15, -0.1) is 0 Å². The Morgan fingerprint density at radius 1 is 1.37 bits per heavy atom. The van der Waals surface area contributed by atoms with E-state index in [9.17, 15) is 17.6 Å². The lowest BCUT2D eigenvalue weighted by Gasteiger charge is -2.11. The summed E-state index contributed by atoms with van der Waals surface area (Å²) in [5.41, 5.74) is 0.199. The highest BCUT2D eigenvalue weighted by atomic mass is 32.2. The number of methoxy groups -OCH3 is 1. The maximum atomic E-state index is 13.1. The molecule has 0 unspecified atom stereocenters. The lowest BCUT2D eigenvalue weighted by atomic mass is 10.1. The van der Waals surface area contributed by atoms with Gasteiger partial charge in [0.05, 0.1) is 26.3 Å². The smallest absolute Gasteiger partial charge is 0.321 e. The number of halogens is 1. The van der Waals surface area contributed by atoms with E-state index in [-0.39, 0.29) is 17.7 Å². The summed E-state index contributed by atoms with van der Waals surface area (Å²) in [6.07, 6.45) is -0.265. The number of hydrogen-bond acceptors (Lipinski definition) is 5. The van der Waals surface area contributed by atoms with E-state index in [0.717, 1.165) is 19.2 Å². The van der Waals surface area contributed by atoms with Crippen LogP contribution < -0.4 is 9.61 Å². The molecule has 0 spiro atoms. The van der Waals surface area contributed by atoms with Crippen molar-refractivity contribution >= 4 is 21.9 Å². The quantitative estimate of drug-likeness (QED) is 0.583. The van der Waals surface area contributed by atoms with Gasteiger partial charge in [-0.3, -0.25) is 14.4 Å². The Kier molecular flexibility index (Phi) is 5.21. The number of hydrogen-bond donors (Lipinski definition) is 2. The highest BCUT2D eigenvalue weighted by molar-refractivity contribution is 7.90. The second kappa shape index (κ2) is 6.45. The lowest BCUT2D eigenvalue weighted by Crippen LogP contribution is -2.29. The van der Waals surface area contributed by atoms with Crippen molar-refractivity contribution in [3.05, 3.63) is 29.6 Å². The molecule has 1 aromatic carbocycles. The first-order valence-electron chi connectivity index (χ1n) is 5.05. The summed E-state index contributed by atoms with van der Waals surface area (Å²) in [5, 5.41) is 0. The third-order valence-corrected chi connectivity index (χ3v) is 2.94. The Labute approximate surface area is 109 Å². The summed E-state index contributed by atoms with van der Waals surface area (Å²) in [6.45, 7) is 0. The number of ether oxygens (including phenoxy) is 1. The minimum Gasteiger partial charge on any atom is -0.469 e. The Balaban J connectivity index is 3.03. The fourth-order valence-electron chi connectivity index (χ4n) is 1.31. The van der Waals surface area contributed by atoms with Gasteiger partial charge in [0.15, 0.2) is 0 Å². The third kappa shape index (κ3) is 4.81. The number of carbonyl (C=O) groups excluding carboxylic acids is 1. The van der Waals surface area contributed by atoms with Gasteiger partial charge < -0.3 is 4.74 Å². The highest BCUT2D eigenvalue weighted by Gasteiger charge is 2.15. The van der Waals surface area contributed by atoms with Gasteiger partial charge in [-0.1, -0.05) is 4.89 Å². The molecule has 0 fully saturated rings. The maximum absolute atomic E-state index is 13.1. The molecule has 106 valence electrons. The van der Waals surface area contributed by atoms with Crippen LogP contribution in [0.2, 0.25) is 0 Å². The summed E-state index contributed by atoms with van der Waals surface area (Å²) >= 11 is 0. The van der Waals surface area contributed by atoms with E-state index in [0.29, 0.717) is 0 Å². The molecule has 0 aliphatic heterocycles. The third-order valence-electron chi connectivity index (χ3n) is 2.07. The summed E-state index contributed by atoms with van der Waals surface area (Å²) in [5.74, 6) is -1.22. The molecule has 0 bridgehead atoms. The van der Waals surface area contributed by atoms with Crippen molar-refractivity contribution in [3.63, 3.8) is 0 Å². The van der Waals surface area contributed by atoms with Crippen LogP contribution in [0.3, 0.4) is 0 Å². The van der Waals surface area contributed by atoms with Crippen LogP contribution in [0.1, 0.15) is 5.56 Å². The van der Waals surface area contributed by atoms with Crippen molar-refractivity contribution < 1.29 is 27.2 Å². The maximum Gasteiger partial charge on any atom is 0.321 e. The molecule has 7 nitrogen and oxygen atoms in total. The Bertz CT molecular complexity index is 561. The van der Waals surface area contributed by atoms with Crippen LogP contribution in [0.5, 0.6) is 0 Å². The van der Waals surface area contributed by atoms with Crippen LogP contribution in [0.4, 0.5) is 10.1 Å². The van der Waals surface area contributed by atoms with Crippen LogP contribution >= 0.6 is 0 Å². The van der Waals surface area contributed by atoms with Gasteiger partial charge in [0.2, 0.25) is 0 Å². The fraction of sp³-hybridized carbons (Fsp3) is 0.300. The lowest BCUT2D eigenvalue weighted by molar-refractivity contribution is -0.139. The molecule has 0 radical (unpaired) electrons. The van der Waals surface area contributed by atoms with Gasteiger partial charge >= 0.3 is 16.2 Å². The highest BCUT2D eigenvalue weighted by Crippen LogP contribution is 2.19. The van der Waals surface area contributed by atoms with Crippen molar-refractivity contribution in [2.45, 2.75) is 6.42 Å². The van der Waals surface area contributed by atoms with Gasteiger partial charge in [0.25, 0.3) is 0 Å². The van der Waals surface area contributed by atoms with Crippen LogP contribution in [-0.4, -0.2) is 28.6 Å². The SMILES string of the molecule is CONS(=O)(=O)Nc1ccc(F)cc1CC(=O)OC. The molecule has 0 aliphatic rings. The topological polar surface area (TPSA) is 93.7 Å². The normalized spacial score (nSPS) is 11.1. The molecule has 9 heteroatoms. The summed E-state index contributed by atoms with van der Waals surface area (Å²) in [4.78, 5) is 17.2. The first kappa shape index (κ1) is 15.3.